The van der Waals surface area contributed by atoms with Crippen molar-refractivity contribution in [2.75, 3.05) is 5.73 Å². The van der Waals surface area contributed by atoms with Crippen LogP contribution in [0.25, 0.3) is 10.8 Å². The van der Waals surface area contributed by atoms with Crippen LogP contribution in [0, 0.1) is 6.92 Å². The Hall–Kier alpha value is -5.51. The number of nitrogen functional groups attached to an aromatic ring is 1. The molecule has 0 bridgehead atoms. The zero-order chi connectivity index (χ0) is 31.7. The monoisotopic (exact) mass is 629 g/mol. The van der Waals surface area contributed by atoms with E-state index in [-0.39, 0.29) is 4.90 Å². The number of hydrogen-bond acceptors (Lipinski definition) is 12. The van der Waals surface area contributed by atoms with Gasteiger partial charge in [0.05, 0.1) is 39.0 Å². The van der Waals surface area contributed by atoms with Gasteiger partial charge in [-0.1, -0.05) is 24.3 Å². The highest BCUT2D eigenvalue weighted by Crippen LogP contribution is 2.37. The first-order chi connectivity index (χ1) is 21.0. The Labute approximate surface area is 253 Å². The summed E-state index contributed by atoms with van der Waals surface area (Å²) in [6, 6.07) is 29.3. The fourth-order valence-corrected chi connectivity index (χ4v) is 4.32. The Morgan fingerprint density at radius 3 is 1.68 bits per heavy atom. The van der Waals surface area contributed by atoms with E-state index in [1.807, 2.05) is 43.3 Å². The summed E-state index contributed by atoms with van der Waals surface area (Å²) in [4.78, 5) is -0.270. The lowest BCUT2D eigenvalue weighted by Crippen LogP contribution is -1.97. The molecule has 0 saturated carbocycles. The molecule has 5 rings (SSSR count). The lowest BCUT2D eigenvalue weighted by molar-refractivity contribution is 0.483. The highest BCUT2D eigenvalue weighted by atomic mass is 32.2. The molecule has 0 aliphatic rings. The first-order valence-electron chi connectivity index (χ1n) is 12.6. The molecule has 0 unspecified atom stereocenters. The molecule has 0 radical (unpaired) electrons. The Bertz CT molecular complexity index is 2110. The van der Waals surface area contributed by atoms with Crippen LogP contribution in [0.5, 0.6) is 0 Å². The van der Waals surface area contributed by atoms with E-state index in [4.69, 9.17) is 18.4 Å². The Morgan fingerprint density at radius 1 is 0.591 bits per heavy atom. The third kappa shape index (κ3) is 8.75. The average Bonchev–Trinajstić information content (AvgIpc) is 2.99. The van der Waals surface area contributed by atoms with Crippen molar-refractivity contribution in [3.05, 3.63) is 109 Å². The molecule has 0 aliphatic carbocycles. The van der Waals surface area contributed by atoms with Crippen LogP contribution in [0.1, 0.15) is 5.56 Å². The van der Waals surface area contributed by atoms with Crippen molar-refractivity contribution in [2.24, 2.45) is 30.7 Å². The summed E-state index contributed by atoms with van der Waals surface area (Å²) in [6.07, 6.45) is 0. The first-order valence-corrected chi connectivity index (χ1v) is 15.0. The van der Waals surface area contributed by atoms with Gasteiger partial charge >= 0.3 is 10.6 Å². The quantitative estimate of drug-likeness (QED) is 0.102. The number of nitrogens with two attached hydrogens (primary N) is 1. The van der Waals surface area contributed by atoms with Gasteiger partial charge < -0.3 is 5.73 Å². The van der Waals surface area contributed by atoms with Crippen LogP contribution in [-0.2, 0) is 20.7 Å². The van der Waals surface area contributed by atoms with E-state index in [1.165, 1.54) is 12.1 Å². The van der Waals surface area contributed by atoms with E-state index in [2.05, 4.69) is 30.7 Å². The largest absolute Gasteiger partial charge is 0.425 e. The second-order valence-corrected chi connectivity index (χ2v) is 10.8. The molecule has 0 heterocycles. The topological polar surface area (TPSA) is 206 Å². The lowest BCUT2D eigenvalue weighted by atomic mass is 10.1. The van der Waals surface area contributed by atoms with Crippen LogP contribution in [-0.4, -0.2) is 25.6 Å². The van der Waals surface area contributed by atoms with E-state index < -0.39 is 20.7 Å². The average molecular weight is 630 g/mol. The molecule has 0 aromatic heterocycles. The van der Waals surface area contributed by atoms with Gasteiger partial charge in [-0.15, -0.1) is 22.9 Å². The van der Waals surface area contributed by atoms with Crippen molar-refractivity contribution in [1.29, 1.82) is 0 Å². The summed E-state index contributed by atoms with van der Waals surface area (Å²) < 4.78 is 58.6. The third-order valence-electron chi connectivity index (χ3n) is 5.89. The predicted molar refractivity (Wildman–Crippen MR) is 164 cm³/mol. The van der Waals surface area contributed by atoms with Gasteiger partial charge in [-0.2, -0.15) is 28.9 Å². The van der Waals surface area contributed by atoms with Gasteiger partial charge in [-0.05, 0) is 91.3 Å². The molecule has 0 aliphatic heterocycles. The van der Waals surface area contributed by atoms with Crippen LogP contribution in [0.2, 0.25) is 0 Å². The van der Waals surface area contributed by atoms with Crippen LogP contribution in [0.15, 0.2) is 139 Å². The van der Waals surface area contributed by atoms with Crippen molar-refractivity contribution in [1.82, 2.24) is 0 Å². The molecule has 0 amide bonds. The van der Waals surface area contributed by atoms with Gasteiger partial charge in [0.25, 0.3) is 10.1 Å². The van der Waals surface area contributed by atoms with E-state index >= 15 is 0 Å². The van der Waals surface area contributed by atoms with Crippen molar-refractivity contribution < 1.29 is 25.6 Å². The summed E-state index contributed by atoms with van der Waals surface area (Å²) in [7, 11) is -7.55. The van der Waals surface area contributed by atoms with Gasteiger partial charge in [0.2, 0.25) is 0 Å². The van der Waals surface area contributed by atoms with Gasteiger partial charge in [-0.3, -0.25) is 4.55 Å². The van der Waals surface area contributed by atoms with E-state index in [0.29, 0.717) is 44.9 Å². The number of nitrogens with zero attached hydrogens (tertiary/aromatic N) is 6. The first kappa shape index (κ1) is 31.4. The molecule has 0 atom stereocenters. The second kappa shape index (κ2) is 14.1. The molecule has 5 aromatic rings. The number of benzene rings is 5. The SMILES string of the molecule is Cc1cc(N=Nc2ccc(N=Nc3ccc(N)cc3)c3ccc(S(=O)(=O)O)cc23)ccc1N=Nc1ccccc1.O=S(=O)=O. The summed E-state index contributed by atoms with van der Waals surface area (Å²) in [6.45, 7) is 1.90. The Kier molecular flexibility index (Phi) is 10.1. The number of hydrogen-bond donors (Lipinski definition) is 2. The third-order valence-corrected chi connectivity index (χ3v) is 6.74. The highest BCUT2D eigenvalue weighted by molar-refractivity contribution is 7.85. The fraction of sp³-hybridized carbons (Fsp3) is 0.0345. The Morgan fingerprint density at radius 2 is 1.09 bits per heavy atom. The number of rotatable bonds is 7. The molecule has 3 N–H and O–H groups in total. The van der Waals surface area contributed by atoms with E-state index in [1.54, 1.807) is 54.6 Å². The standard InChI is InChI=1S/C29H23N7O3S.O3S/c1-19-17-23(11-14-27(19)34-31-21-5-3-2-4-6-21)33-36-29-16-15-28(35-32-22-9-7-20(30)8-10-22)25-13-12-24(18-26(25)29)40(37,38)39;1-4(2)3/h2-18H,30H2,1H3,(H,37,38,39);. The molecule has 0 saturated heterocycles. The maximum Gasteiger partial charge on any atom is 0.425 e. The van der Waals surface area contributed by atoms with Crippen LogP contribution < -0.4 is 5.73 Å². The number of fused-ring (bicyclic) bond motifs is 1. The van der Waals surface area contributed by atoms with Crippen molar-refractivity contribution in [3.8, 4) is 0 Å². The number of azo groups is 3. The lowest BCUT2D eigenvalue weighted by Gasteiger charge is -2.07. The van der Waals surface area contributed by atoms with Gasteiger partial charge in [0, 0.05) is 16.5 Å². The van der Waals surface area contributed by atoms with E-state index in [0.717, 1.165) is 11.3 Å². The van der Waals surface area contributed by atoms with Crippen LogP contribution >= 0.6 is 0 Å². The smallest absolute Gasteiger partial charge is 0.399 e. The zero-order valence-electron chi connectivity index (χ0n) is 22.9. The normalized spacial score (nSPS) is 11.7. The Balaban J connectivity index is 0.00000104. The van der Waals surface area contributed by atoms with Crippen molar-refractivity contribution >= 4 is 71.3 Å². The van der Waals surface area contributed by atoms with Gasteiger partial charge in [0.15, 0.2) is 0 Å². The van der Waals surface area contributed by atoms with Crippen LogP contribution in [0.3, 0.4) is 0 Å². The summed E-state index contributed by atoms with van der Waals surface area (Å²) >= 11 is 0. The molecular formula is C29H23N7O6S2. The maximum atomic E-state index is 11.8. The molecule has 15 heteroatoms. The van der Waals surface area contributed by atoms with Crippen LogP contribution in [0.4, 0.5) is 39.8 Å². The molecule has 44 heavy (non-hydrogen) atoms. The maximum absolute atomic E-state index is 11.8. The summed E-state index contributed by atoms with van der Waals surface area (Å²) in [5, 5.41) is 26.9. The highest BCUT2D eigenvalue weighted by Gasteiger charge is 2.14. The minimum atomic E-state index is -4.44. The van der Waals surface area contributed by atoms with E-state index in [9.17, 15) is 13.0 Å². The molecule has 0 spiro atoms. The fourth-order valence-electron chi connectivity index (χ4n) is 3.82. The molecule has 222 valence electrons. The molecule has 5 aromatic carbocycles. The number of aryl methyl sites for hydroxylation is 1. The zero-order valence-corrected chi connectivity index (χ0v) is 24.5. The predicted octanol–water partition coefficient (Wildman–Crippen LogP) is 8.22. The second-order valence-electron chi connectivity index (χ2n) is 8.99. The summed E-state index contributed by atoms with van der Waals surface area (Å²) in [5.41, 5.74) is 10.7. The van der Waals surface area contributed by atoms with Gasteiger partial charge in [-0.25, -0.2) is 0 Å². The molecule has 0 fully saturated rings. The number of anilines is 1. The minimum Gasteiger partial charge on any atom is -0.399 e. The molecule has 13 nitrogen and oxygen atoms in total. The van der Waals surface area contributed by atoms with Gasteiger partial charge in [0.1, 0.15) is 0 Å². The van der Waals surface area contributed by atoms with Crippen molar-refractivity contribution in [2.45, 2.75) is 11.8 Å². The minimum absolute atomic E-state index is 0.270. The summed E-state index contributed by atoms with van der Waals surface area (Å²) in [5.74, 6) is 0. The van der Waals surface area contributed by atoms with Crippen molar-refractivity contribution in [3.63, 3.8) is 0 Å². The molecular weight excluding hydrogens is 606 g/mol.